The summed E-state index contributed by atoms with van der Waals surface area (Å²) in [6.45, 7) is 3.51. The quantitative estimate of drug-likeness (QED) is 0.373. The van der Waals surface area contributed by atoms with Crippen molar-refractivity contribution < 1.29 is 14.3 Å². The first-order chi connectivity index (χ1) is 18.0. The fourth-order valence-corrected chi connectivity index (χ4v) is 4.25. The normalized spacial score (nSPS) is 12.9. The van der Waals surface area contributed by atoms with Crippen LogP contribution in [0, 0.1) is 6.92 Å². The largest absolute Gasteiger partial charge is 0.497 e. The average molecular weight is 497 g/mol. The Balaban J connectivity index is 1.52. The summed E-state index contributed by atoms with van der Waals surface area (Å²) in [6.07, 6.45) is 3.55. The summed E-state index contributed by atoms with van der Waals surface area (Å²) in [7, 11) is 1.59. The van der Waals surface area contributed by atoms with E-state index in [0.717, 1.165) is 31.5 Å². The van der Waals surface area contributed by atoms with Crippen molar-refractivity contribution in [3.8, 4) is 22.9 Å². The van der Waals surface area contributed by atoms with E-state index in [1.807, 2.05) is 42.2 Å². The van der Waals surface area contributed by atoms with E-state index >= 15 is 0 Å². The van der Waals surface area contributed by atoms with Crippen LogP contribution in [0.2, 0.25) is 0 Å². The molecule has 37 heavy (non-hydrogen) atoms. The van der Waals surface area contributed by atoms with Crippen LogP contribution in [0.25, 0.3) is 5.69 Å². The lowest BCUT2D eigenvalue weighted by Gasteiger charge is -2.17. The van der Waals surface area contributed by atoms with E-state index in [0.29, 0.717) is 28.4 Å². The first-order valence-electron chi connectivity index (χ1n) is 12.2. The monoisotopic (exact) mass is 496 g/mol. The number of aryl methyl sites for hydroxylation is 1. The van der Waals surface area contributed by atoms with Crippen LogP contribution in [0.1, 0.15) is 28.8 Å². The number of hydrogen-bond donors (Lipinski definition) is 1. The van der Waals surface area contributed by atoms with Crippen molar-refractivity contribution in [2.75, 3.05) is 25.5 Å². The second-order valence-corrected chi connectivity index (χ2v) is 8.92. The predicted molar refractivity (Wildman–Crippen MR) is 143 cm³/mol. The van der Waals surface area contributed by atoms with Gasteiger partial charge in [-0.1, -0.05) is 23.8 Å². The third kappa shape index (κ3) is 5.33. The number of ether oxygens (including phenoxy) is 2. The number of likely N-dealkylation sites (tertiary alicyclic amines) is 1. The van der Waals surface area contributed by atoms with Gasteiger partial charge in [0.1, 0.15) is 11.5 Å². The Morgan fingerprint density at radius 3 is 2.35 bits per heavy atom. The molecule has 0 radical (unpaired) electrons. The van der Waals surface area contributed by atoms with Crippen molar-refractivity contribution in [1.82, 2.24) is 14.7 Å². The lowest BCUT2D eigenvalue weighted by molar-refractivity contribution is 0.0793. The van der Waals surface area contributed by atoms with Crippen molar-refractivity contribution >= 4 is 17.3 Å². The maximum Gasteiger partial charge on any atom is 0.299 e. The van der Waals surface area contributed by atoms with Gasteiger partial charge in [-0.15, -0.1) is 0 Å². The summed E-state index contributed by atoms with van der Waals surface area (Å²) in [5.41, 5.74) is 2.70. The van der Waals surface area contributed by atoms with Gasteiger partial charge in [0.25, 0.3) is 11.5 Å². The number of carbonyl (C=O) groups is 1. The molecule has 188 valence electrons. The number of hydrogen-bond acceptors (Lipinski definition) is 6. The zero-order chi connectivity index (χ0) is 25.8. The molecule has 0 spiro atoms. The van der Waals surface area contributed by atoms with Crippen molar-refractivity contribution in [1.29, 1.82) is 0 Å². The highest BCUT2D eigenvalue weighted by Gasteiger charge is 2.20. The number of carbonyl (C=O) groups excluding carboxylic acids is 1. The average Bonchev–Trinajstić information content (AvgIpc) is 3.47. The van der Waals surface area contributed by atoms with Gasteiger partial charge in [-0.2, -0.15) is 9.78 Å². The Morgan fingerprint density at radius 2 is 1.65 bits per heavy atom. The summed E-state index contributed by atoms with van der Waals surface area (Å²) in [5.74, 6) is 1.46. The highest BCUT2D eigenvalue weighted by Crippen LogP contribution is 2.30. The second-order valence-electron chi connectivity index (χ2n) is 8.92. The van der Waals surface area contributed by atoms with Crippen LogP contribution >= 0.6 is 0 Å². The number of aromatic nitrogens is 2. The van der Waals surface area contributed by atoms with Crippen LogP contribution in [0.15, 0.2) is 83.8 Å². The molecule has 0 aliphatic carbocycles. The van der Waals surface area contributed by atoms with E-state index in [9.17, 15) is 9.59 Å². The Kier molecular flexibility index (Phi) is 6.89. The number of methoxy groups -OCH3 is 1. The molecule has 1 amide bonds. The molecule has 0 atom stereocenters. The molecule has 1 aliphatic heterocycles. The number of amides is 1. The molecule has 1 aromatic heterocycles. The minimum Gasteiger partial charge on any atom is -0.497 e. The minimum atomic E-state index is -0.383. The molecular weight excluding hydrogens is 468 g/mol. The van der Waals surface area contributed by atoms with E-state index in [2.05, 4.69) is 10.4 Å². The maximum atomic E-state index is 13.7. The van der Waals surface area contributed by atoms with E-state index < -0.39 is 0 Å². The fraction of sp³-hybridized carbons (Fsp3) is 0.207. The molecule has 8 nitrogen and oxygen atoms in total. The van der Waals surface area contributed by atoms with Gasteiger partial charge in [-0.25, -0.2) is 0 Å². The lowest BCUT2D eigenvalue weighted by Crippen LogP contribution is -2.27. The van der Waals surface area contributed by atoms with Gasteiger partial charge < -0.3 is 19.7 Å². The molecule has 1 N–H and O–H groups in total. The molecule has 4 aromatic rings. The van der Waals surface area contributed by atoms with Gasteiger partial charge in [-0.05, 0) is 74.4 Å². The topological polar surface area (TPSA) is 85.7 Å². The van der Waals surface area contributed by atoms with E-state index in [-0.39, 0.29) is 22.9 Å². The van der Waals surface area contributed by atoms with E-state index in [4.69, 9.17) is 9.47 Å². The molecule has 5 rings (SSSR count). The summed E-state index contributed by atoms with van der Waals surface area (Å²) >= 11 is 0. The molecule has 1 saturated heterocycles. The molecule has 8 heteroatoms. The Labute approximate surface area is 215 Å². The van der Waals surface area contributed by atoms with Crippen LogP contribution in [0.5, 0.6) is 17.2 Å². The van der Waals surface area contributed by atoms with Crippen molar-refractivity contribution in [2.45, 2.75) is 19.8 Å². The van der Waals surface area contributed by atoms with Crippen LogP contribution in [0.4, 0.5) is 11.4 Å². The fourth-order valence-electron chi connectivity index (χ4n) is 4.25. The number of anilines is 2. The number of benzene rings is 3. The van der Waals surface area contributed by atoms with Gasteiger partial charge >= 0.3 is 0 Å². The van der Waals surface area contributed by atoms with Gasteiger partial charge in [0.15, 0.2) is 11.4 Å². The number of rotatable bonds is 7. The summed E-state index contributed by atoms with van der Waals surface area (Å²) in [6, 6.07) is 21.7. The molecular formula is C29H28N4O4. The zero-order valence-electron chi connectivity index (χ0n) is 20.8. The molecule has 0 saturated carbocycles. The summed E-state index contributed by atoms with van der Waals surface area (Å²) < 4.78 is 12.6. The molecule has 1 aliphatic rings. The van der Waals surface area contributed by atoms with E-state index in [1.165, 1.54) is 10.9 Å². The van der Waals surface area contributed by atoms with Gasteiger partial charge in [0.2, 0.25) is 0 Å². The van der Waals surface area contributed by atoms with Crippen molar-refractivity contribution in [3.05, 3.63) is 100 Å². The predicted octanol–water partition coefficient (Wildman–Crippen LogP) is 5.32. The number of nitrogens with zero attached hydrogens (tertiary/aromatic N) is 3. The maximum absolute atomic E-state index is 13.7. The summed E-state index contributed by atoms with van der Waals surface area (Å²) in [4.78, 5) is 28.4. The lowest BCUT2D eigenvalue weighted by atomic mass is 10.1. The zero-order valence-corrected chi connectivity index (χ0v) is 20.8. The molecule has 0 unspecified atom stereocenters. The van der Waals surface area contributed by atoms with Gasteiger partial charge in [-0.3, -0.25) is 9.59 Å². The highest BCUT2D eigenvalue weighted by molar-refractivity contribution is 5.95. The van der Waals surface area contributed by atoms with E-state index in [1.54, 1.807) is 49.6 Å². The Hall–Kier alpha value is -4.59. The van der Waals surface area contributed by atoms with Crippen LogP contribution < -0.4 is 20.3 Å². The molecule has 3 aromatic carbocycles. The minimum absolute atomic E-state index is 0.0114. The molecule has 2 heterocycles. The smallest absolute Gasteiger partial charge is 0.299 e. The van der Waals surface area contributed by atoms with Crippen molar-refractivity contribution in [2.24, 2.45) is 0 Å². The van der Waals surface area contributed by atoms with Gasteiger partial charge in [0.05, 0.1) is 19.0 Å². The van der Waals surface area contributed by atoms with Crippen LogP contribution in [-0.2, 0) is 0 Å². The molecule has 0 bridgehead atoms. The van der Waals surface area contributed by atoms with Gasteiger partial charge in [0, 0.05) is 24.3 Å². The number of nitrogens with one attached hydrogen (secondary N) is 1. The highest BCUT2D eigenvalue weighted by atomic mass is 16.5. The van der Waals surface area contributed by atoms with Crippen LogP contribution in [0.3, 0.4) is 0 Å². The SMILES string of the molecule is COc1ccc(Oc2cnn(-c3ccc(C)cc3)c(=O)c2Nc2cccc(C(=O)N3CCCC3)c2)cc1. The third-order valence-electron chi connectivity index (χ3n) is 6.28. The third-order valence-corrected chi connectivity index (χ3v) is 6.28. The van der Waals surface area contributed by atoms with Crippen LogP contribution in [-0.4, -0.2) is 40.8 Å². The first kappa shape index (κ1) is 24.1. The summed E-state index contributed by atoms with van der Waals surface area (Å²) in [5, 5.41) is 7.56. The Bertz CT molecular complexity index is 1460. The Morgan fingerprint density at radius 1 is 0.946 bits per heavy atom. The first-order valence-corrected chi connectivity index (χ1v) is 12.2. The standard InChI is InChI=1S/C29H28N4O4/c1-20-8-10-23(11-9-20)33-29(35)27(26(19-30-33)37-25-14-12-24(36-2)13-15-25)31-22-7-5-6-21(18-22)28(34)32-16-3-4-17-32/h5-15,18-19,31H,3-4,16-17H2,1-2H3. The molecule has 1 fully saturated rings. The van der Waals surface area contributed by atoms with Crippen molar-refractivity contribution in [3.63, 3.8) is 0 Å². The second kappa shape index (κ2) is 10.6.